The van der Waals surface area contributed by atoms with Gasteiger partial charge in [-0.15, -0.1) is 0 Å². The quantitative estimate of drug-likeness (QED) is 0.333. The number of benzene rings is 4. The summed E-state index contributed by atoms with van der Waals surface area (Å²) in [5, 5.41) is 3.33. The lowest BCUT2D eigenvalue weighted by Crippen LogP contribution is -1.96. The van der Waals surface area contributed by atoms with E-state index in [1.165, 1.54) is 0 Å². The molecule has 140 valence electrons. The Balaban J connectivity index is 1.75. The molecule has 0 aliphatic carbocycles. The van der Waals surface area contributed by atoms with Crippen LogP contribution in [0.4, 0.5) is 0 Å². The van der Waals surface area contributed by atoms with Gasteiger partial charge in [-0.3, -0.25) is 4.98 Å². The fourth-order valence-corrected chi connectivity index (χ4v) is 3.80. The molecular weight excluding hydrogens is 366 g/mol. The highest BCUT2D eigenvalue weighted by Crippen LogP contribution is 2.33. The second kappa shape index (κ2) is 6.75. The van der Waals surface area contributed by atoms with Gasteiger partial charge in [-0.2, -0.15) is 0 Å². The molecule has 3 heteroatoms. The Morgan fingerprint density at radius 3 is 2.50 bits per heavy atom. The first-order chi connectivity index (χ1) is 16.5. The molecule has 0 saturated heterocycles. The van der Waals surface area contributed by atoms with Gasteiger partial charge in [0.2, 0.25) is 0 Å². The van der Waals surface area contributed by atoms with Gasteiger partial charge in [0, 0.05) is 28.1 Å². The lowest BCUT2D eigenvalue weighted by molar-refractivity contribution is 1.23. The first-order valence-corrected chi connectivity index (χ1v) is 9.64. The van der Waals surface area contributed by atoms with E-state index in [0.29, 0.717) is 22.6 Å². The van der Waals surface area contributed by atoms with Crippen molar-refractivity contribution < 1.29 is 5.48 Å². The van der Waals surface area contributed by atoms with E-state index in [0.717, 1.165) is 21.7 Å². The lowest BCUT2D eigenvalue weighted by atomic mass is 10.0. The smallest absolute Gasteiger partial charge is 0.160 e. The van der Waals surface area contributed by atoms with Gasteiger partial charge >= 0.3 is 0 Å². The van der Waals surface area contributed by atoms with Crippen molar-refractivity contribution in [1.29, 1.82) is 0 Å². The predicted molar refractivity (Wildman–Crippen MR) is 123 cm³/mol. The molecule has 4 aromatic carbocycles. The zero-order valence-electron chi connectivity index (χ0n) is 19.8. The van der Waals surface area contributed by atoms with Crippen molar-refractivity contribution >= 4 is 32.6 Å². The van der Waals surface area contributed by atoms with E-state index in [1.807, 2.05) is 72.8 Å². The van der Waals surface area contributed by atoms with Crippen LogP contribution in [-0.2, 0) is 0 Å². The van der Waals surface area contributed by atoms with Crippen molar-refractivity contribution in [2.24, 2.45) is 0 Å². The number of nitrogens with zero attached hydrogens (tertiary/aromatic N) is 3. The average molecular weight is 387 g/mol. The van der Waals surface area contributed by atoms with Crippen LogP contribution in [0.25, 0.3) is 55.2 Å². The Bertz CT molecular complexity index is 1760. The second-order valence-electron chi connectivity index (χ2n) is 7.06. The van der Waals surface area contributed by atoms with Crippen LogP contribution < -0.4 is 0 Å². The number of fused-ring (bicyclic) bond motifs is 3. The molecule has 6 rings (SSSR count). The van der Waals surface area contributed by atoms with Crippen LogP contribution in [0.1, 0.15) is 5.48 Å². The van der Waals surface area contributed by atoms with Gasteiger partial charge in [-0.1, -0.05) is 78.8 Å². The van der Waals surface area contributed by atoms with E-state index in [4.69, 9.17) is 10.5 Å². The normalized spacial score (nSPS) is 13.2. The van der Waals surface area contributed by atoms with Gasteiger partial charge in [0.15, 0.2) is 5.82 Å². The Kier molecular flexibility index (Phi) is 2.96. The summed E-state index contributed by atoms with van der Waals surface area (Å²) in [6.45, 7) is 0. The third-order valence-electron chi connectivity index (χ3n) is 5.24. The standard InChI is InChI=1S/C27H17N3/c1-2-8-20-17-21(15-14-18(20)7-1)27-29-24-13-4-3-11-22(24)26(30-27)23-12-5-9-19-10-6-16-28-25(19)23/h1-17H/i3D,4D,11D,13D. The van der Waals surface area contributed by atoms with Gasteiger partial charge in [-0.05, 0) is 28.9 Å². The van der Waals surface area contributed by atoms with Crippen LogP contribution in [0.3, 0.4) is 0 Å². The van der Waals surface area contributed by atoms with E-state index in [1.54, 1.807) is 6.20 Å². The molecule has 2 heterocycles. The van der Waals surface area contributed by atoms with E-state index in [-0.39, 0.29) is 35.1 Å². The summed E-state index contributed by atoms with van der Waals surface area (Å²) < 4.78 is 33.6. The summed E-state index contributed by atoms with van der Waals surface area (Å²) in [4.78, 5) is 14.1. The maximum atomic E-state index is 8.62. The van der Waals surface area contributed by atoms with Crippen LogP contribution in [0, 0.1) is 0 Å². The third-order valence-corrected chi connectivity index (χ3v) is 5.24. The number of para-hydroxylation sites is 2. The molecule has 0 radical (unpaired) electrons. The first-order valence-electron chi connectivity index (χ1n) is 11.6. The summed E-state index contributed by atoms with van der Waals surface area (Å²) in [6.07, 6.45) is 1.70. The van der Waals surface area contributed by atoms with E-state index in [2.05, 4.69) is 9.97 Å². The number of hydrogen-bond acceptors (Lipinski definition) is 3. The Morgan fingerprint density at radius 2 is 1.53 bits per heavy atom. The van der Waals surface area contributed by atoms with Crippen LogP contribution in [0.2, 0.25) is 0 Å². The first kappa shape index (κ1) is 13.2. The van der Waals surface area contributed by atoms with E-state index < -0.39 is 0 Å². The zero-order valence-corrected chi connectivity index (χ0v) is 15.8. The third kappa shape index (κ3) is 2.72. The molecule has 0 atom stereocenters. The zero-order chi connectivity index (χ0) is 23.4. The van der Waals surface area contributed by atoms with Gasteiger partial charge in [0.25, 0.3) is 0 Å². The summed E-state index contributed by atoms with van der Waals surface area (Å²) >= 11 is 0. The number of hydrogen-bond donors (Lipinski definition) is 0. The van der Waals surface area contributed by atoms with Crippen LogP contribution in [-0.4, -0.2) is 15.0 Å². The molecule has 0 aliphatic heterocycles. The molecule has 0 saturated carbocycles. The molecule has 0 spiro atoms. The minimum Gasteiger partial charge on any atom is -0.256 e. The summed E-state index contributed by atoms with van der Waals surface area (Å²) in [5.41, 5.74) is 2.79. The maximum Gasteiger partial charge on any atom is 0.160 e. The van der Waals surface area contributed by atoms with Crippen molar-refractivity contribution in [3.63, 3.8) is 0 Å². The molecule has 0 N–H and O–H groups in total. The molecule has 0 bridgehead atoms. The topological polar surface area (TPSA) is 38.7 Å². The Hall–Kier alpha value is -4.11. The van der Waals surface area contributed by atoms with Gasteiger partial charge in [0.1, 0.15) is 0 Å². The average Bonchev–Trinajstić information content (AvgIpc) is 2.89. The van der Waals surface area contributed by atoms with Crippen molar-refractivity contribution in [3.05, 3.63) is 103 Å². The monoisotopic (exact) mass is 387 g/mol. The van der Waals surface area contributed by atoms with Gasteiger partial charge in [-0.25, -0.2) is 9.97 Å². The molecular formula is C27H17N3. The molecule has 0 aliphatic rings. The molecule has 2 aromatic heterocycles. The highest BCUT2D eigenvalue weighted by atomic mass is 14.9. The van der Waals surface area contributed by atoms with Gasteiger partial charge < -0.3 is 0 Å². The Labute approximate surface area is 179 Å². The fourth-order valence-electron chi connectivity index (χ4n) is 3.80. The second-order valence-corrected chi connectivity index (χ2v) is 7.06. The van der Waals surface area contributed by atoms with Crippen molar-refractivity contribution in [2.45, 2.75) is 0 Å². The summed E-state index contributed by atoms with van der Waals surface area (Å²) in [7, 11) is 0. The van der Waals surface area contributed by atoms with Crippen molar-refractivity contribution in [2.75, 3.05) is 0 Å². The predicted octanol–water partition coefficient (Wildman–Crippen LogP) is 6.67. The molecule has 0 amide bonds. The van der Waals surface area contributed by atoms with Gasteiger partial charge in [0.05, 0.1) is 22.2 Å². The minimum atomic E-state index is -0.317. The highest BCUT2D eigenvalue weighted by Gasteiger charge is 2.14. The van der Waals surface area contributed by atoms with E-state index in [9.17, 15) is 0 Å². The number of rotatable bonds is 2. The summed E-state index contributed by atoms with van der Waals surface area (Å²) in [5.74, 6) is 0.395. The number of pyridine rings is 1. The maximum absolute atomic E-state index is 8.62. The summed E-state index contributed by atoms with van der Waals surface area (Å²) in [6, 6.07) is 22.5. The molecule has 0 unspecified atom stereocenters. The van der Waals surface area contributed by atoms with Crippen LogP contribution >= 0.6 is 0 Å². The minimum absolute atomic E-state index is 0.163. The Morgan fingerprint density at radius 1 is 0.700 bits per heavy atom. The SMILES string of the molecule is [2H]c1c([2H])c([2H])c2c(-c3cccc4cccnc34)nc(-c3ccc4ccccc4c3)nc2c1[2H]. The van der Waals surface area contributed by atoms with Crippen molar-refractivity contribution in [1.82, 2.24) is 15.0 Å². The van der Waals surface area contributed by atoms with E-state index >= 15 is 0 Å². The van der Waals surface area contributed by atoms with Crippen molar-refractivity contribution in [3.8, 4) is 22.6 Å². The molecule has 6 aromatic rings. The molecule has 3 nitrogen and oxygen atoms in total. The largest absolute Gasteiger partial charge is 0.256 e. The fraction of sp³-hybridized carbons (Fsp3) is 0. The molecule has 30 heavy (non-hydrogen) atoms. The van der Waals surface area contributed by atoms with Crippen LogP contribution in [0.15, 0.2) is 103 Å². The number of aromatic nitrogens is 3. The van der Waals surface area contributed by atoms with Crippen LogP contribution in [0.5, 0.6) is 0 Å². The lowest BCUT2D eigenvalue weighted by Gasteiger charge is -2.11. The highest BCUT2D eigenvalue weighted by molar-refractivity contribution is 6.02. The molecule has 0 fully saturated rings.